The van der Waals surface area contributed by atoms with Gasteiger partial charge in [-0.1, -0.05) is 42.5 Å². The van der Waals surface area contributed by atoms with Crippen LogP contribution in [0.5, 0.6) is 11.5 Å². The van der Waals surface area contributed by atoms with Crippen molar-refractivity contribution in [3.05, 3.63) is 89.0 Å². The molecule has 4 nitrogen and oxygen atoms in total. The molecule has 0 aromatic heterocycles. The first-order valence-electron chi connectivity index (χ1n) is 9.10. The van der Waals surface area contributed by atoms with E-state index in [-0.39, 0.29) is 17.8 Å². The number of carbonyl (C=O) groups is 1. The van der Waals surface area contributed by atoms with Gasteiger partial charge in [0.1, 0.15) is 0 Å². The highest BCUT2D eigenvalue weighted by molar-refractivity contribution is 8.00. The summed E-state index contributed by atoms with van der Waals surface area (Å²) in [6.07, 6.45) is 0. The van der Waals surface area contributed by atoms with Gasteiger partial charge in [0.2, 0.25) is 6.79 Å². The van der Waals surface area contributed by atoms with E-state index in [0.29, 0.717) is 0 Å². The minimum atomic E-state index is -0.138. The second kappa shape index (κ2) is 5.91. The van der Waals surface area contributed by atoms with E-state index < -0.39 is 0 Å². The molecule has 0 unspecified atom stereocenters. The Morgan fingerprint density at radius 1 is 0.893 bits per heavy atom. The molecule has 0 bridgehead atoms. The van der Waals surface area contributed by atoms with E-state index in [9.17, 15) is 4.79 Å². The molecule has 0 saturated heterocycles. The topological polar surface area (TPSA) is 47.6 Å². The molecule has 5 heteroatoms. The van der Waals surface area contributed by atoms with Gasteiger partial charge in [0.25, 0.3) is 0 Å². The minimum Gasteiger partial charge on any atom is -0.454 e. The summed E-state index contributed by atoms with van der Waals surface area (Å²) >= 11 is 1.69. The smallest absolute Gasteiger partial charge is 0.231 e. The first-order chi connectivity index (χ1) is 13.8. The number of rotatable bonds is 1. The zero-order valence-corrected chi connectivity index (χ0v) is 15.6. The molecule has 28 heavy (non-hydrogen) atoms. The molecule has 3 aromatic rings. The van der Waals surface area contributed by atoms with Crippen molar-refractivity contribution < 1.29 is 14.3 Å². The van der Waals surface area contributed by atoms with Crippen molar-refractivity contribution in [2.24, 2.45) is 0 Å². The first kappa shape index (κ1) is 15.8. The fourth-order valence-corrected chi connectivity index (χ4v) is 5.27. The second-order valence-electron chi connectivity index (χ2n) is 6.90. The van der Waals surface area contributed by atoms with Crippen LogP contribution < -0.4 is 14.8 Å². The Hall–Kier alpha value is -3.18. The lowest BCUT2D eigenvalue weighted by atomic mass is 10.0. The molecule has 1 atom stereocenters. The van der Waals surface area contributed by atoms with E-state index in [1.165, 1.54) is 0 Å². The Balaban J connectivity index is 1.57. The number of ketones is 1. The molecule has 1 aliphatic carbocycles. The van der Waals surface area contributed by atoms with Crippen LogP contribution in [0, 0.1) is 0 Å². The van der Waals surface area contributed by atoms with Gasteiger partial charge >= 0.3 is 0 Å². The number of Topliss-reactive ketones (excluding diaryl/α,β-unsaturated/α-hetero) is 1. The van der Waals surface area contributed by atoms with Crippen molar-refractivity contribution in [1.29, 1.82) is 0 Å². The lowest BCUT2D eigenvalue weighted by Crippen LogP contribution is -2.07. The molecule has 3 aromatic carbocycles. The average molecular weight is 385 g/mol. The molecule has 2 aliphatic heterocycles. The summed E-state index contributed by atoms with van der Waals surface area (Å²) in [5.74, 6) is 1.56. The van der Waals surface area contributed by atoms with Crippen LogP contribution in [0.4, 0.5) is 5.69 Å². The Morgan fingerprint density at radius 3 is 2.61 bits per heavy atom. The molecule has 136 valence electrons. The zero-order chi connectivity index (χ0) is 18.7. The van der Waals surface area contributed by atoms with Crippen LogP contribution in [0.25, 0.3) is 5.70 Å². The van der Waals surface area contributed by atoms with Gasteiger partial charge in [0.15, 0.2) is 17.3 Å². The van der Waals surface area contributed by atoms with Crippen LogP contribution in [0.2, 0.25) is 0 Å². The predicted molar refractivity (Wildman–Crippen MR) is 109 cm³/mol. The van der Waals surface area contributed by atoms with Gasteiger partial charge in [-0.15, -0.1) is 11.8 Å². The van der Waals surface area contributed by atoms with E-state index >= 15 is 0 Å². The van der Waals surface area contributed by atoms with E-state index in [1.54, 1.807) is 11.8 Å². The number of nitrogens with one attached hydrogen (secondary N) is 1. The Morgan fingerprint density at radius 2 is 1.68 bits per heavy atom. The summed E-state index contributed by atoms with van der Waals surface area (Å²) in [6, 6.07) is 21.9. The normalized spacial score (nSPS) is 18.9. The third kappa shape index (κ3) is 2.23. The molecule has 3 aliphatic rings. The van der Waals surface area contributed by atoms with E-state index in [0.717, 1.165) is 50.0 Å². The second-order valence-corrected chi connectivity index (χ2v) is 8.04. The number of thioether (sulfide) groups is 1. The van der Waals surface area contributed by atoms with Crippen molar-refractivity contribution in [3.63, 3.8) is 0 Å². The van der Waals surface area contributed by atoms with Crippen LogP contribution in [0.1, 0.15) is 26.7 Å². The first-order valence-corrected chi connectivity index (χ1v) is 9.98. The van der Waals surface area contributed by atoms with Crippen LogP contribution in [-0.4, -0.2) is 12.6 Å². The minimum absolute atomic E-state index is 0.0843. The number of fused-ring (bicyclic) bond motifs is 4. The van der Waals surface area contributed by atoms with Crippen molar-refractivity contribution in [2.75, 3.05) is 12.1 Å². The number of anilines is 1. The van der Waals surface area contributed by atoms with Gasteiger partial charge in [-0.2, -0.15) is 0 Å². The zero-order valence-electron chi connectivity index (χ0n) is 14.8. The Kier molecular flexibility index (Phi) is 3.34. The fourth-order valence-electron chi connectivity index (χ4n) is 3.99. The Bertz CT molecular complexity index is 1180. The van der Waals surface area contributed by atoms with Gasteiger partial charge in [-0.05, 0) is 29.8 Å². The largest absolute Gasteiger partial charge is 0.454 e. The molecule has 0 radical (unpaired) electrons. The van der Waals surface area contributed by atoms with Gasteiger partial charge < -0.3 is 14.8 Å². The molecule has 0 fully saturated rings. The van der Waals surface area contributed by atoms with Crippen molar-refractivity contribution in [2.45, 2.75) is 10.1 Å². The number of carbonyl (C=O) groups excluding carboxylic acids is 1. The molecule has 0 saturated carbocycles. The number of benzene rings is 3. The summed E-state index contributed by atoms with van der Waals surface area (Å²) in [5, 5.41) is 3.40. The lowest BCUT2D eigenvalue weighted by molar-refractivity contribution is 0.103. The molecular formula is C23H15NO3S. The van der Waals surface area contributed by atoms with Crippen LogP contribution in [0.3, 0.4) is 0 Å². The van der Waals surface area contributed by atoms with Gasteiger partial charge in [-0.25, -0.2) is 0 Å². The number of hydrogen-bond acceptors (Lipinski definition) is 5. The molecule has 0 amide bonds. The van der Waals surface area contributed by atoms with Crippen molar-refractivity contribution in [1.82, 2.24) is 0 Å². The van der Waals surface area contributed by atoms with Crippen LogP contribution in [-0.2, 0) is 0 Å². The predicted octanol–water partition coefficient (Wildman–Crippen LogP) is 5.28. The highest BCUT2D eigenvalue weighted by Crippen LogP contribution is 2.53. The van der Waals surface area contributed by atoms with Gasteiger partial charge in [0.05, 0.1) is 16.6 Å². The van der Waals surface area contributed by atoms with Gasteiger partial charge in [-0.3, -0.25) is 4.79 Å². The highest BCUT2D eigenvalue weighted by atomic mass is 32.2. The molecule has 2 heterocycles. The maximum Gasteiger partial charge on any atom is 0.231 e. The van der Waals surface area contributed by atoms with E-state index in [2.05, 4.69) is 17.4 Å². The summed E-state index contributed by atoms with van der Waals surface area (Å²) in [4.78, 5) is 14.5. The fraction of sp³-hybridized carbons (Fsp3) is 0.0870. The van der Waals surface area contributed by atoms with Crippen LogP contribution in [0.15, 0.2) is 77.2 Å². The molecule has 6 rings (SSSR count). The van der Waals surface area contributed by atoms with E-state index in [1.807, 2.05) is 54.6 Å². The molecular weight excluding hydrogens is 370 g/mol. The highest BCUT2D eigenvalue weighted by Gasteiger charge is 2.38. The lowest BCUT2D eigenvalue weighted by Gasteiger charge is -2.17. The SMILES string of the molecule is O=C1C2=C(Nc3ccccc3S[C@H]2c2ccc3c(c2)OCO3)c2ccccc21. The number of para-hydroxylation sites is 1. The van der Waals surface area contributed by atoms with Crippen molar-refractivity contribution >= 4 is 28.9 Å². The average Bonchev–Trinajstić information content (AvgIpc) is 3.25. The number of ether oxygens (including phenoxy) is 2. The Labute approximate surface area is 166 Å². The maximum absolute atomic E-state index is 13.4. The van der Waals surface area contributed by atoms with E-state index in [4.69, 9.17) is 9.47 Å². The third-order valence-corrected chi connectivity index (χ3v) is 6.66. The summed E-state index contributed by atoms with van der Waals surface area (Å²) in [5.41, 5.74) is 5.47. The summed E-state index contributed by atoms with van der Waals surface area (Å²) in [6.45, 7) is 0.235. The monoisotopic (exact) mass is 385 g/mol. The quantitative estimate of drug-likeness (QED) is 0.617. The van der Waals surface area contributed by atoms with Crippen LogP contribution >= 0.6 is 11.8 Å². The number of hydrogen-bond donors (Lipinski definition) is 1. The maximum atomic E-state index is 13.4. The molecule has 0 spiro atoms. The summed E-state index contributed by atoms with van der Waals surface area (Å²) in [7, 11) is 0. The summed E-state index contributed by atoms with van der Waals surface area (Å²) < 4.78 is 11.0. The standard InChI is InChI=1S/C23H15NO3S/c25-22-15-6-2-1-5-14(15)21-20(22)23(28-19-8-4-3-7-16(19)24-21)13-9-10-17-18(11-13)27-12-26-17/h1-11,23-24H,12H2/t23-/m0/s1. The molecule has 1 N–H and O–H groups in total. The third-order valence-electron chi connectivity index (χ3n) is 5.31. The van der Waals surface area contributed by atoms with Gasteiger partial charge in [0, 0.05) is 21.6 Å². The van der Waals surface area contributed by atoms with Crippen molar-refractivity contribution in [3.8, 4) is 11.5 Å².